The summed E-state index contributed by atoms with van der Waals surface area (Å²) in [5, 5.41) is 10.7. The second-order valence-electron chi connectivity index (χ2n) is 9.49. The van der Waals surface area contributed by atoms with Gasteiger partial charge in [-0.05, 0) is 48.0 Å². The maximum Gasteiger partial charge on any atom is 0.255 e. The first-order valence-electron chi connectivity index (χ1n) is 13.0. The van der Waals surface area contributed by atoms with Crippen LogP contribution in [0.5, 0.6) is 0 Å². The summed E-state index contributed by atoms with van der Waals surface area (Å²) < 4.78 is 15.7. The van der Waals surface area contributed by atoms with Gasteiger partial charge in [0.15, 0.2) is 11.2 Å². The number of benzene rings is 2. The van der Waals surface area contributed by atoms with Crippen molar-refractivity contribution in [3.63, 3.8) is 0 Å². The Balaban J connectivity index is 1.28. The van der Waals surface area contributed by atoms with Crippen molar-refractivity contribution in [1.29, 1.82) is 0 Å². The van der Waals surface area contributed by atoms with Crippen molar-refractivity contribution in [1.82, 2.24) is 24.6 Å². The Kier molecular flexibility index (Phi) is 7.04. The molecule has 8 nitrogen and oxygen atoms in total. The number of hydrogen-bond acceptors (Lipinski definition) is 7. The fraction of sp³-hybridized carbons (Fsp3) is 0.241. The Morgan fingerprint density at radius 3 is 2.62 bits per heavy atom. The van der Waals surface area contributed by atoms with E-state index in [1.165, 1.54) is 23.5 Å². The Bertz CT molecular complexity index is 1580. The number of piperazine rings is 1. The van der Waals surface area contributed by atoms with E-state index in [-0.39, 0.29) is 5.91 Å². The van der Waals surface area contributed by atoms with Crippen LogP contribution in [0.15, 0.2) is 78.6 Å². The van der Waals surface area contributed by atoms with Crippen molar-refractivity contribution >= 4 is 39.1 Å². The average Bonchev–Trinajstić information content (AvgIpc) is 3.63. The third-order valence-electron chi connectivity index (χ3n) is 7.09. The molecule has 1 aliphatic heterocycles. The lowest BCUT2D eigenvalue weighted by Crippen LogP contribution is -2.46. The molecule has 1 fully saturated rings. The van der Waals surface area contributed by atoms with Gasteiger partial charge in [0.25, 0.3) is 5.91 Å². The minimum Gasteiger partial charge on any atom is -0.354 e. The molecule has 1 amide bonds. The number of fused-ring (bicyclic) bond motifs is 1. The van der Waals surface area contributed by atoms with Gasteiger partial charge in [-0.2, -0.15) is 5.10 Å². The van der Waals surface area contributed by atoms with E-state index < -0.39 is 11.9 Å². The standard InChI is InChI=1S/C29H28FN7OS/c1-2-35-11-13-36(14-12-35)26-9-8-22(18-32-26)20-6-7-23-19-37(34-25(23)17-20)27(21-4-3-5-24(30)16-21)28(38)33-29-31-10-15-39-29/h3-10,15-19,27H,2,11-14H2,1H3,(H,31,33,38). The highest BCUT2D eigenvalue weighted by atomic mass is 32.1. The first-order chi connectivity index (χ1) is 19.1. The summed E-state index contributed by atoms with van der Waals surface area (Å²) in [5.74, 6) is 0.230. The van der Waals surface area contributed by atoms with Gasteiger partial charge in [0.05, 0.1) is 5.52 Å². The Morgan fingerprint density at radius 1 is 1.05 bits per heavy atom. The molecule has 198 valence electrons. The topological polar surface area (TPSA) is 79.2 Å². The van der Waals surface area contributed by atoms with E-state index in [2.05, 4.69) is 39.2 Å². The maximum atomic E-state index is 14.1. The van der Waals surface area contributed by atoms with E-state index in [1.54, 1.807) is 28.4 Å². The zero-order valence-corrected chi connectivity index (χ0v) is 22.3. The molecule has 0 saturated carbocycles. The second kappa shape index (κ2) is 10.9. The van der Waals surface area contributed by atoms with Crippen LogP contribution in [0.4, 0.5) is 15.3 Å². The molecule has 10 heteroatoms. The lowest BCUT2D eigenvalue weighted by atomic mass is 10.1. The number of anilines is 2. The van der Waals surface area contributed by atoms with Crippen LogP contribution in [-0.2, 0) is 4.79 Å². The number of likely N-dealkylation sites (N-methyl/N-ethyl adjacent to an activating group) is 1. The number of halogens is 1. The fourth-order valence-corrected chi connectivity index (χ4v) is 5.48. The number of nitrogens with zero attached hydrogens (tertiary/aromatic N) is 6. The van der Waals surface area contributed by atoms with Crippen molar-refractivity contribution in [2.24, 2.45) is 0 Å². The summed E-state index contributed by atoms with van der Waals surface area (Å²) in [7, 11) is 0. The van der Waals surface area contributed by atoms with Gasteiger partial charge in [0.1, 0.15) is 11.6 Å². The number of aromatic nitrogens is 4. The average molecular weight is 542 g/mol. The van der Waals surface area contributed by atoms with Gasteiger partial charge in [-0.25, -0.2) is 14.4 Å². The summed E-state index contributed by atoms with van der Waals surface area (Å²) >= 11 is 1.32. The van der Waals surface area contributed by atoms with E-state index in [1.807, 2.05) is 30.6 Å². The first kappa shape index (κ1) is 25.1. The highest BCUT2D eigenvalue weighted by Gasteiger charge is 2.25. The zero-order chi connectivity index (χ0) is 26.8. The fourth-order valence-electron chi connectivity index (χ4n) is 4.94. The SMILES string of the molecule is CCN1CCN(c2ccc(-c3ccc4cn(C(C(=O)Nc5nccs5)c5cccc(F)c5)nc4c3)cn2)CC1. The number of carbonyl (C=O) groups is 1. The van der Waals surface area contributed by atoms with Gasteiger partial charge in [0.2, 0.25) is 0 Å². The van der Waals surface area contributed by atoms with Crippen LogP contribution < -0.4 is 10.2 Å². The maximum absolute atomic E-state index is 14.1. The molecule has 1 saturated heterocycles. The van der Waals surface area contributed by atoms with Gasteiger partial charge in [0, 0.05) is 61.1 Å². The summed E-state index contributed by atoms with van der Waals surface area (Å²) in [6.45, 7) is 7.34. The number of amides is 1. The van der Waals surface area contributed by atoms with Gasteiger partial charge in [-0.15, -0.1) is 11.3 Å². The normalized spacial score (nSPS) is 15.0. The lowest BCUT2D eigenvalue weighted by molar-refractivity contribution is -0.118. The summed E-state index contributed by atoms with van der Waals surface area (Å²) in [4.78, 5) is 27.0. The van der Waals surface area contributed by atoms with Crippen LogP contribution in [0.2, 0.25) is 0 Å². The molecule has 0 radical (unpaired) electrons. The number of carbonyl (C=O) groups excluding carboxylic acids is 1. The van der Waals surface area contributed by atoms with Crippen molar-refractivity contribution in [3.05, 3.63) is 89.9 Å². The third-order valence-corrected chi connectivity index (χ3v) is 7.78. The number of nitrogens with one attached hydrogen (secondary N) is 1. The molecular weight excluding hydrogens is 513 g/mol. The molecular formula is C29H28FN7OS. The van der Waals surface area contributed by atoms with Crippen molar-refractivity contribution in [3.8, 4) is 11.1 Å². The molecule has 5 aromatic rings. The number of rotatable bonds is 7. The van der Waals surface area contributed by atoms with Crippen LogP contribution in [0, 0.1) is 5.82 Å². The van der Waals surface area contributed by atoms with E-state index >= 15 is 0 Å². The van der Waals surface area contributed by atoms with E-state index in [0.29, 0.717) is 10.7 Å². The van der Waals surface area contributed by atoms with Gasteiger partial charge < -0.3 is 9.80 Å². The predicted octanol–water partition coefficient (Wildman–Crippen LogP) is 5.06. The minimum atomic E-state index is -0.866. The Hall–Kier alpha value is -4.15. The van der Waals surface area contributed by atoms with Crippen LogP contribution in [-0.4, -0.2) is 63.3 Å². The third kappa shape index (κ3) is 5.39. The molecule has 1 atom stereocenters. The number of thiazole rings is 1. The van der Waals surface area contributed by atoms with Crippen LogP contribution in [0.1, 0.15) is 18.5 Å². The van der Waals surface area contributed by atoms with Crippen molar-refractivity contribution in [2.45, 2.75) is 13.0 Å². The number of pyridine rings is 1. The lowest BCUT2D eigenvalue weighted by Gasteiger charge is -2.34. The smallest absolute Gasteiger partial charge is 0.255 e. The molecule has 2 aromatic carbocycles. The number of hydrogen-bond donors (Lipinski definition) is 1. The molecule has 0 aliphatic carbocycles. The largest absolute Gasteiger partial charge is 0.354 e. The highest BCUT2D eigenvalue weighted by molar-refractivity contribution is 7.13. The van der Waals surface area contributed by atoms with Crippen LogP contribution in [0.25, 0.3) is 22.0 Å². The molecule has 6 rings (SSSR count). The summed E-state index contributed by atoms with van der Waals surface area (Å²) in [6.07, 6.45) is 5.33. The monoisotopic (exact) mass is 541 g/mol. The van der Waals surface area contributed by atoms with E-state index in [0.717, 1.165) is 60.6 Å². The van der Waals surface area contributed by atoms with Crippen molar-refractivity contribution < 1.29 is 9.18 Å². The molecule has 0 spiro atoms. The van der Waals surface area contributed by atoms with Crippen LogP contribution in [0.3, 0.4) is 0 Å². The van der Waals surface area contributed by atoms with Gasteiger partial charge in [-0.1, -0.05) is 31.2 Å². The quantitative estimate of drug-likeness (QED) is 0.310. The molecule has 1 unspecified atom stereocenters. The first-order valence-corrected chi connectivity index (χ1v) is 13.8. The van der Waals surface area contributed by atoms with Crippen molar-refractivity contribution in [2.75, 3.05) is 42.9 Å². The molecule has 0 bridgehead atoms. The summed E-state index contributed by atoms with van der Waals surface area (Å²) in [5.41, 5.74) is 3.20. The highest BCUT2D eigenvalue weighted by Crippen LogP contribution is 2.28. The van der Waals surface area contributed by atoms with Gasteiger partial charge in [-0.3, -0.25) is 14.8 Å². The Labute approximate surface area is 229 Å². The molecule has 4 heterocycles. The Morgan fingerprint density at radius 2 is 1.90 bits per heavy atom. The molecule has 3 aromatic heterocycles. The molecule has 1 N–H and O–H groups in total. The second-order valence-corrected chi connectivity index (χ2v) is 10.4. The van der Waals surface area contributed by atoms with Gasteiger partial charge >= 0.3 is 0 Å². The minimum absolute atomic E-state index is 0.344. The summed E-state index contributed by atoms with van der Waals surface area (Å²) in [6, 6.07) is 15.3. The van der Waals surface area contributed by atoms with E-state index in [9.17, 15) is 9.18 Å². The molecule has 1 aliphatic rings. The molecule has 39 heavy (non-hydrogen) atoms. The predicted molar refractivity (Wildman–Crippen MR) is 153 cm³/mol. The zero-order valence-electron chi connectivity index (χ0n) is 21.5. The van der Waals surface area contributed by atoms with Crippen LogP contribution >= 0.6 is 11.3 Å². The van der Waals surface area contributed by atoms with E-state index in [4.69, 9.17) is 10.1 Å².